The van der Waals surface area contributed by atoms with Crippen LogP contribution in [0, 0.1) is 23.5 Å². The zero-order valence-electron chi connectivity index (χ0n) is 16.0. The number of carbonyl (C=O) groups is 2. The van der Waals surface area contributed by atoms with Crippen LogP contribution in [-0.2, 0) is 4.74 Å². The number of cyclic esters (lactones) is 1. The predicted octanol–water partition coefficient (Wildman–Crippen LogP) is 3.18. The summed E-state index contributed by atoms with van der Waals surface area (Å²) in [5, 5.41) is 5.78. The number of benzene rings is 2. The average molecular weight is 414 g/mol. The molecule has 7 nitrogen and oxygen atoms in total. The van der Waals surface area contributed by atoms with Gasteiger partial charge >= 0.3 is 12.1 Å². The highest BCUT2D eigenvalue weighted by molar-refractivity contribution is 5.99. The molecule has 3 aliphatic rings. The third-order valence-electron chi connectivity index (χ3n) is 5.95. The Morgan fingerprint density at radius 3 is 2.53 bits per heavy atom. The number of piperidine rings is 1. The van der Waals surface area contributed by atoms with Crippen molar-refractivity contribution in [3.63, 3.8) is 0 Å². The molecule has 1 aliphatic carbocycles. The van der Waals surface area contributed by atoms with Gasteiger partial charge in [-0.2, -0.15) is 0 Å². The minimum absolute atomic E-state index is 0.00803. The van der Waals surface area contributed by atoms with E-state index in [-0.39, 0.29) is 23.9 Å². The zero-order chi connectivity index (χ0) is 20.8. The Kier molecular flexibility index (Phi) is 4.45. The van der Waals surface area contributed by atoms with Gasteiger partial charge in [0, 0.05) is 37.0 Å². The first-order valence-electron chi connectivity index (χ1n) is 9.82. The Hall–Kier alpha value is -3.36. The van der Waals surface area contributed by atoms with Gasteiger partial charge in [0.15, 0.2) is 0 Å². The number of hydrogen-bond donors (Lipinski definition) is 2. The third-order valence-corrected chi connectivity index (χ3v) is 5.95. The van der Waals surface area contributed by atoms with Gasteiger partial charge in [0.1, 0.15) is 18.2 Å². The molecule has 0 radical (unpaired) electrons. The van der Waals surface area contributed by atoms with E-state index < -0.39 is 17.7 Å². The molecule has 2 saturated heterocycles. The summed E-state index contributed by atoms with van der Waals surface area (Å²) in [6, 6.07) is 10.3. The summed E-state index contributed by atoms with van der Waals surface area (Å²) in [4.78, 5) is 27.7. The summed E-state index contributed by atoms with van der Waals surface area (Å²) in [6.45, 7) is 1.96. The van der Waals surface area contributed by atoms with Gasteiger partial charge < -0.3 is 20.3 Å². The van der Waals surface area contributed by atoms with E-state index in [0.717, 1.165) is 6.07 Å². The van der Waals surface area contributed by atoms with E-state index in [2.05, 4.69) is 10.6 Å². The number of anilines is 3. The molecular weight excluding hydrogens is 394 g/mol. The van der Waals surface area contributed by atoms with Crippen molar-refractivity contribution in [2.75, 3.05) is 41.4 Å². The number of halogens is 2. The van der Waals surface area contributed by atoms with Crippen LogP contribution in [0.2, 0.25) is 0 Å². The highest BCUT2D eigenvalue weighted by Crippen LogP contribution is 2.47. The second-order valence-corrected chi connectivity index (χ2v) is 7.74. The smallest absolute Gasteiger partial charge is 0.414 e. The van der Waals surface area contributed by atoms with E-state index in [9.17, 15) is 18.4 Å². The Morgan fingerprint density at radius 1 is 1.07 bits per heavy atom. The second-order valence-electron chi connectivity index (χ2n) is 7.74. The molecule has 2 heterocycles. The summed E-state index contributed by atoms with van der Waals surface area (Å²) in [5.74, 6) is -0.720. The lowest BCUT2D eigenvalue weighted by atomic mass is 10.2. The van der Waals surface area contributed by atoms with Gasteiger partial charge in [-0.1, -0.05) is 12.1 Å². The fourth-order valence-electron chi connectivity index (χ4n) is 4.41. The highest BCUT2D eigenvalue weighted by Gasteiger charge is 2.56. The minimum atomic E-state index is -0.598. The van der Waals surface area contributed by atoms with Gasteiger partial charge in [0.25, 0.3) is 0 Å². The summed E-state index contributed by atoms with van der Waals surface area (Å²) in [7, 11) is 0. The fraction of sp³-hybridized carbons (Fsp3) is 0.333. The molecular formula is C21H20F2N4O3. The molecule has 2 aromatic carbocycles. The molecule has 3 atom stereocenters. The second kappa shape index (κ2) is 7.16. The van der Waals surface area contributed by atoms with Gasteiger partial charge in [-0.25, -0.2) is 18.4 Å². The lowest BCUT2D eigenvalue weighted by Gasteiger charge is -2.23. The maximum Gasteiger partial charge on any atom is 0.414 e. The van der Waals surface area contributed by atoms with Crippen molar-refractivity contribution in [3.8, 4) is 0 Å². The highest BCUT2D eigenvalue weighted by atomic mass is 19.1. The maximum absolute atomic E-state index is 14.0. The lowest BCUT2D eigenvalue weighted by Crippen LogP contribution is -2.37. The van der Waals surface area contributed by atoms with E-state index in [0.29, 0.717) is 43.3 Å². The minimum Gasteiger partial charge on any atom is -0.447 e. The molecule has 5 rings (SSSR count). The van der Waals surface area contributed by atoms with Gasteiger partial charge in [-0.15, -0.1) is 0 Å². The number of ether oxygens (including phenoxy) is 1. The molecule has 9 heteroatoms. The molecule has 0 aromatic heterocycles. The van der Waals surface area contributed by atoms with Crippen molar-refractivity contribution in [1.82, 2.24) is 5.32 Å². The summed E-state index contributed by atoms with van der Waals surface area (Å²) < 4.78 is 32.1. The number of para-hydroxylation sites is 2. The first-order chi connectivity index (χ1) is 14.5. The van der Waals surface area contributed by atoms with Crippen LogP contribution < -0.4 is 20.4 Å². The SMILES string of the molecule is O=C(Nc1ccccc1N1CCOC1=O)NC1[C@H]2CN(c3ccc(F)cc3F)C[C@@H]12. The van der Waals surface area contributed by atoms with Crippen LogP contribution >= 0.6 is 0 Å². The van der Waals surface area contributed by atoms with E-state index in [1.54, 1.807) is 24.3 Å². The normalized spacial score (nSPS) is 24.5. The van der Waals surface area contributed by atoms with Crippen LogP contribution in [0.5, 0.6) is 0 Å². The molecule has 2 N–H and O–H groups in total. The predicted molar refractivity (Wildman–Crippen MR) is 107 cm³/mol. The first-order valence-corrected chi connectivity index (χ1v) is 9.82. The van der Waals surface area contributed by atoms with E-state index >= 15 is 0 Å². The fourth-order valence-corrected chi connectivity index (χ4v) is 4.41. The van der Waals surface area contributed by atoms with Crippen molar-refractivity contribution < 1.29 is 23.1 Å². The number of amides is 3. The van der Waals surface area contributed by atoms with Crippen molar-refractivity contribution in [3.05, 3.63) is 54.1 Å². The zero-order valence-corrected chi connectivity index (χ0v) is 16.0. The van der Waals surface area contributed by atoms with E-state index in [4.69, 9.17) is 4.74 Å². The molecule has 3 amide bonds. The summed E-state index contributed by atoms with van der Waals surface area (Å²) in [6.07, 6.45) is -0.436. The van der Waals surface area contributed by atoms with Gasteiger partial charge in [-0.3, -0.25) is 4.90 Å². The molecule has 156 valence electrons. The topological polar surface area (TPSA) is 73.9 Å². The largest absolute Gasteiger partial charge is 0.447 e. The van der Waals surface area contributed by atoms with E-state index in [1.807, 2.05) is 4.90 Å². The number of carbonyl (C=O) groups excluding carboxylic acids is 2. The molecule has 1 unspecified atom stereocenters. The molecule has 0 bridgehead atoms. The number of hydrogen-bond acceptors (Lipinski definition) is 4. The molecule has 2 aliphatic heterocycles. The molecule has 3 fully saturated rings. The van der Waals surface area contributed by atoms with Crippen LogP contribution in [0.15, 0.2) is 42.5 Å². The maximum atomic E-state index is 14.0. The van der Waals surface area contributed by atoms with Crippen molar-refractivity contribution in [2.24, 2.45) is 11.8 Å². The number of rotatable bonds is 4. The Bertz CT molecular complexity index is 1010. The van der Waals surface area contributed by atoms with Crippen molar-refractivity contribution >= 4 is 29.2 Å². The number of urea groups is 1. The molecule has 1 saturated carbocycles. The quantitative estimate of drug-likeness (QED) is 0.806. The van der Waals surface area contributed by atoms with Crippen molar-refractivity contribution in [1.29, 1.82) is 0 Å². The average Bonchev–Trinajstić information content (AvgIpc) is 3.06. The van der Waals surface area contributed by atoms with Crippen LogP contribution in [0.3, 0.4) is 0 Å². The van der Waals surface area contributed by atoms with Gasteiger partial charge in [-0.05, 0) is 24.3 Å². The summed E-state index contributed by atoms with van der Waals surface area (Å²) in [5.41, 5.74) is 1.50. The lowest BCUT2D eigenvalue weighted by molar-refractivity contribution is 0.181. The Morgan fingerprint density at radius 2 is 1.83 bits per heavy atom. The summed E-state index contributed by atoms with van der Waals surface area (Å²) >= 11 is 0. The van der Waals surface area contributed by atoms with Crippen LogP contribution in [0.25, 0.3) is 0 Å². The van der Waals surface area contributed by atoms with Gasteiger partial charge in [0.05, 0.1) is 23.6 Å². The molecule has 2 aromatic rings. The first kappa shape index (κ1) is 18.7. The van der Waals surface area contributed by atoms with Crippen molar-refractivity contribution in [2.45, 2.75) is 6.04 Å². The number of fused-ring (bicyclic) bond motifs is 1. The number of nitrogens with one attached hydrogen (secondary N) is 2. The molecule has 0 spiro atoms. The Labute approximate surface area is 171 Å². The van der Waals surface area contributed by atoms with E-state index in [1.165, 1.54) is 17.0 Å². The molecule has 30 heavy (non-hydrogen) atoms. The third kappa shape index (κ3) is 3.30. The van der Waals surface area contributed by atoms with Crippen LogP contribution in [-0.4, -0.2) is 44.4 Å². The monoisotopic (exact) mass is 414 g/mol. The van der Waals surface area contributed by atoms with Crippen LogP contribution in [0.4, 0.5) is 35.4 Å². The van der Waals surface area contributed by atoms with Crippen LogP contribution in [0.1, 0.15) is 0 Å². The Balaban J connectivity index is 1.19. The van der Waals surface area contributed by atoms with Gasteiger partial charge in [0.2, 0.25) is 0 Å². The number of nitrogens with zero attached hydrogens (tertiary/aromatic N) is 2. The standard InChI is InChI=1S/C21H20F2N4O3/c22-12-5-6-17(15(23)9-12)26-10-13-14(11-26)19(13)25-20(28)24-16-3-1-2-4-18(16)27-7-8-30-21(27)29/h1-6,9,13-14,19H,7-8,10-11H2,(H2,24,25,28)/t13-,14+,19?.